The first kappa shape index (κ1) is 14.3. The molecular formula is C15H20N4O2. The highest BCUT2D eigenvalue weighted by Crippen LogP contribution is 2.87. The number of nitriles is 2. The van der Waals surface area contributed by atoms with Crippen molar-refractivity contribution < 1.29 is 9.47 Å². The van der Waals surface area contributed by atoms with Gasteiger partial charge in [0.05, 0.1) is 24.8 Å². The molecule has 0 unspecified atom stereocenters. The van der Waals surface area contributed by atoms with Crippen LogP contribution in [0.1, 0.15) is 40.0 Å². The quantitative estimate of drug-likeness (QED) is 0.850. The van der Waals surface area contributed by atoms with Crippen LogP contribution in [0.25, 0.3) is 0 Å². The highest BCUT2D eigenvalue weighted by atomic mass is 16.8. The smallest absolute Gasteiger partial charge is 0.293 e. The van der Waals surface area contributed by atoms with Crippen molar-refractivity contribution >= 4 is 5.84 Å². The van der Waals surface area contributed by atoms with E-state index in [0.29, 0.717) is 6.61 Å². The summed E-state index contributed by atoms with van der Waals surface area (Å²) in [6.07, 6.45) is 2.46. The van der Waals surface area contributed by atoms with Crippen LogP contribution in [-0.4, -0.2) is 24.5 Å². The van der Waals surface area contributed by atoms with E-state index in [4.69, 9.17) is 15.2 Å². The van der Waals surface area contributed by atoms with Gasteiger partial charge in [0.15, 0.2) is 5.41 Å². The van der Waals surface area contributed by atoms with Crippen LogP contribution in [0.5, 0.6) is 0 Å². The molecule has 1 spiro atoms. The molecule has 2 aliphatic heterocycles. The van der Waals surface area contributed by atoms with E-state index in [2.05, 4.69) is 24.1 Å². The number of nitrogens with two attached hydrogens (primary N) is 1. The van der Waals surface area contributed by atoms with Gasteiger partial charge in [-0.2, -0.15) is 10.5 Å². The fourth-order valence-electron chi connectivity index (χ4n) is 4.44. The molecule has 0 radical (unpaired) electrons. The maximum Gasteiger partial charge on any atom is 0.293 e. The van der Waals surface area contributed by atoms with Crippen molar-refractivity contribution in [1.29, 1.82) is 10.5 Å². The Bertz CT molecular complexity index is 606. The van der Waals surface area contributed by atoms with Crippen molar-refractivity contribution in [3.05, 3.63) is 0 Å². The van der Waals surface area contributed by atoms with Gasteiger partial charge in [-0.1, -0.05) is 26.7 Å². The second-order valence-corrected chi connectivity index (χ2v) is 6.48. The Hall–Kier alpha value is -1.63. The van der Waals surface area contributed by atoms with Gasteiger partial charge < -0.3 is 15.2 Å². The average molecular weight is 288 g/mol. The largest absolute Gasteiger partial charge is 0.386 e. The Morgan fingerprint density at radius 3 is 2.62 bits per heavy atom. The Balaban J connectivity index is 2.15. The number of ether oxygens (including phenoxy) is 2. The topological polar surface area (TPSA) is 104 Å². The SMILES string of the molecule is CCCC[C@]1(C)[C@]2(C#N)C(N)=N[C@@]3(OC[C@H](C)O3)[C@]12C#N. The molecule has 6 heteroatoms. The van der Waals surface area contributed by atoms with Crippen molar-refractivity contribution in [1.82, 2.24) is 0 Å². The molecule has 0 bridgehead atoms. The first-order valence-corrected chi connectivity index (χ1v) is 7.41. The Morgan fingerprint density at radius 1 is 1.43 bits per heavy atom. The van der Waals surface area contributed by atoms with Crippen LogP contribution in [0.2, 0.25) is 0 Å². The van der Waals surface area contributed by atoms with Gasteiger partial charge in [-0.25, -0.2) is 4.99 Å². The first-order valence-electron chi connectivity index (χ1n) is 7.41. The fraction of sp³-hybridized carbons (Fsp3) is 0.800. The average Bonchev–Trinajstić information content (AvgIpc) is 2.67. The van der Waals surface area contributed by atoms with Crippen LogP contribution >= 0.6 is 0 Å². The number of nitrogens with zero attached hydrogens (tertiary/aromatic N) is 3. The van der Waals surface area contributed by atoms with Crippen molar-refractivity contribution in [2.24, 2.45) is 27.0 Å². The fourth-order valence-corrected chi connectivity index (χ4v) is 4.44. The third-order valence-corrected chi connectivity index (χ3v) is 5.52. The molecule has 3 rings (SSSR count). The van der Waals surface area contributed by atoms with E-state index in [0.717, 1.165) is 19.3 Å². The molecule has 0 aromatic heterocycles. The monoisotopic (exact) mass is 288 g/mol. The number of rotatable bonds is 3. The predicted octanol–water partition coefficient (Wildman–Crippen LogP) is 1.68. The lowest BCUT2D eigenvalue weighted by molar-refractivity contribution is -0.200. The molecule has 1 aliphatic carbocycles. The number of aliphatic imine (C=N–C) groups is 1. The zero-order chi connectivity index (χ0) is 15.5. The summed E-state index contributed by atoms with van der Waals surface area (Å²) in [5, 5.41) is 19.7. The standard InChI is InChI=1S/C15H20N4O2/c1-4-5-6-12(3)13(8-16)11(18)19-15(14(12,13)9-17)20-7-10(2)21-15/h10H,4-7H2,1-3H3,(H2,18,19)/t10-,12+,13-,14+,15+/m0/s1. The summed E-state index contributed by atoms with van der Waals surface area (Å²) in [6, 6.07) is 4.61. The Morgan fingerprint density at radius 2 is 2.14 bits per heavy atom. The minimum atomic E-state index is -1.41. The van der Waals surface area contributed by atoms with Crippen LogP contribution in [0, 0.1) is 38.9 Å². The first-order chi connectivity index (χ1) is 9.91. The van der Waals surface area contributed by atoms with Gasteiger partial charge in [0.2, 0.25) is 0 Å². The lowest BCUT2D eigenvalue weighted by Crippen LogP contribution is -2.41. The van der Waals surface area contributed by atoms with Gasteiger partial charge in [0.25, 0.3) is 5.91 Å². The molecule has 112 valence electrons. The normalized spacial score (nSPS) is 50.3. The van der Waals surface area contributed by atoms with Crippen LogP contribution in [0.15, 0.2) is 4.99 Å². The Labute approximate surface area is 124 Å². The lowest BCUT2D eigenvalue weighted by Gasteiger charge is -2.29. The number of amidine groups is 1. The van der Waals surface area contributed by atoms with E-state index in [1.165, 1.54) is 0 Å². The van der Waals surface area contributed by atoms with Gasteiger partial charge in [-0.05, 0) is 13.3 Å². The van der Waals surface area contributed by atoms with E-state index < -0.39 is 22.2 Å². The molecule has 1 saturated heterocycles. The lowest BCUT2D eigenvalue weighted by atomic mass is 9.87. The van der Waals surface area contributed by atoms with E-state index >= 15 is 0 Å². The van der Waals surface area contributed by atoms with Crippen molar-refractivity contribution in [3.63, 3.8) is 0 Å². The second kappa shape index (κ2) is 3.97. The molecule has 0 amide bonds. The van der Waals surface area contributed by atoms with Crippen LogP contribution < -0.4 is 5.73 Å². The van der Waals surface area contributed by atoms with Gasteiger partial charge in [-0.15, -0.1) is 0 Å². The van der Waals surface area contributed by atoms with Gasteiger partial charge in [0.1, 0.15) is 11.3 Å². The third kappa shape index (κ3) is 1.15. The molecule has 1 saturated carbocycles. The van der Waals surface area contributed by atoms with E-state index in [1.54, 1.807) is 0 Å². The summed E-state index contributed by atoms with van der Waals surface area (Å²) in [4.78, 5) is 4.30. The second-order valence-electron chi connectivity index (χ2n) is 6.48. The highest BCUT2D eigenvalue weighted by Gasteiger charge is 2.99. The molecule has 6 nitrogen and oxygen atoms in total. The van der Waals surface area contributed by atoms with Crippen molar-refractivity contribution in [3.8, 4) is 12.1 Å². The maximum absolute atomic E-state index is 9.94. The summed E-state index contributed by atoms with van der Waals surface area (Å²) >= 11 is 0. The van der Waals surface area contributed by atoms with Gasteiger partial charge in [0, 0.05) is 5.41 Å². The van der Waals surface area contributed by atoms with Gasteiger partial charge >= 0.3 is 0 Å². The number of hydrogen-bond acceptors (Lipinski definition) is 6. The van der Waals surface area contributed by atoms with Crippen molar-refractivity contribution in [2.75, 3.05) is 6.61 Å². The number of hydrogen-bond donors (Lipinski definition) is 1. The molecule has 5 atom stereocenters. The van der Waals surface area contributed by atoms with E-state index in [9.17, 15) is 10.5 Å². The number of fused-ring (bicyclic) bond motifs is 2. The van der Waals surface area contributed by atoms with Crippen molar-refractivity contribution in [2.45, 2.75) is 52.0 Å². The van der Waals surface area contributed by atoms with E-state index in [-0.39, 0.29) is 11.9 Å². The molecule has 2 N–H and O–H groups in total. The highest BCUT2D eigenvalue weighted by molar-refractivity contribution is 6.00. The molecule has 21 heavy (non-hydrogen) atoms. The van der Waals surface area contributed by atoms with Crippen LogP contribution in [0.4, 0.5) is 0 Å². The predicted molar refractivity (Wildman–Crippen MR) is 74.6 cm³/mol. The molecule has 3 aliphatic rings. The zero-order valence-corrected chi connectivity index (χ0v) is 12.6. The molecular weight excluding hydrogens is 268 g/mol. The summed E-state index contributed by atoms with van der Waals surface area (Å²) < 4.78 is 11.6. The Kier molecular flexibility index (Phi) is 2.71. The minimum absolute atomic E-state index is 0.169. The summed E-state index contributed by atoms with van der Waals surface area (Å²) in [5.74, 6) is -1.23. The maximum atomic E-state index is 9.94. The number of unbranched alkanes of at least 4 members (excludes halogenated alkanes) is 1. The van der Waals surface area contributed by atoms with E-state index in [1.807, 2.05) is 13.8 Å². The third-order valence-electron chi connectivity index (χ3n) is 5.52. The molecule has 0 aromatic carbocycles. The summed E-state index contributed by atoms with van der Waals surface area (Å²) in [6.45, 7) is 6.24. The molecule has 0 aromatic rings. The zero-order valence-electron chi connectivity index (χ0n) is 12.6. The molecule has 2 heterocycles. The minimum Gasteiger partial charge on any atom is -0.386 e. The van der Waals surface area contributed by atoms with Crippen LogP contribution in [0.3, 0.4) is 0 Å². The summed E-state index contributed by atoms with van der Waals surface area (Å²) in [7, 11) is 0. The summed E-state index contributed by atoms with van der Waals surface area (Å²) in [5.41, 5.74) is 3.25. The van der Waals surface area contributed by atoms with Crippen LogP contribution in [-0.2, 0) is 9.47 Å². The molecule has 2 fully saturated rings. The van der Waals surface area contributed by atoms with Gasteiger partial charge in [-0.3, -0.25) is 0 Å².